The van der Waals surface area contributed by atoms with E-state index in [0.717, 1.165) is 33.5 Å². The maximum absolute atomic E-state index is 12.1. The number of aromatic nitrogens is 1. The van der Waals surface area contributed by atoms with Crippen molar-refractivity contribution < 1.29 is 9.53 Å². The van der Waals surface area contributed by atoms with Gasteiger partial charge in [-0.15, -0.1) is 0 Å². The van der Waals surface area contributed by atoms with Crippen LogP contribution in [0.1, 0.15) is 11.1 Å². The topological polar surface area (TPSA) is 54.1 Å². The van der Waals surface area contributed by atoms with Gasteiger partial charge < -0.3 is 15.0 Å². The van der Waals surface area contributed by atoms with Crippen molar-refractivity contribution in [2.24, 2.45) is 0 Å². The molecule has 0 aliphatic heterocycles. The molecule has 4 heteroatoms. The second kappa shape index (κ2) is 6.40. The number of rotatable bonds is 4. The Morgan fingerprint density at radius 1 is 1.22 bits per heavy atom. The van der Waals surface area contributed by atoms with E-state index in [0.29, 0.717) is 0 Å². The summed E-state index contributed by atoms with van der Waals surface area (Å²) in [5.41, 5.74) is 3.80. The first kappa shape index (κ1) is 14.9. The number of aryl methyl sites for hydroxylation is 1. The van der Waals surface area contributed by atoms with Crippen LogP contribution in [0, 0.1) is 6.92 Å². The molecule has 0 saturated heterocycles. The highest BCUT2D eigenvalue weighted by Crippen LogP contribution is 2.24. The molecule has 0 fully saturated rings. The van der Waals surface area contributed by atoms with Gasteiger partial charge in [0, 0.05) is 34.4 Å². The van der Waals surface area contributed by atoms with Crippen LogP contribution in [0.3, 0.4) is 0 Å². The molecule has 0 aliphatic rings. The van der Waals surface area contributed by atoms with Gasteiger partial charge >= 0.3 is 0 Å². The van der Waals surface area contributed by atoms with Crippen LogP contribution in [-0.2, 0) is 4.79 Å². The van der Waals surface area contributed by atoms with Gasteiger partial charge in [-0.25, -0.2) is 0 Å². The van der Waals surface area contributed by atoms with Gasteiger partial charge in [-0.2, -0.15) is 0 Å². The molecule has 0 aliphatic carbocycles. The van der Waals surface area contributed by atoms with E-state index in [4.69, 9.17) is 4.74 Å². The van der Waals surface area contributed by atoms with Crippen molar-refractivity contribution in [1.82, 2.24) is 4.98 Å². The quantitative estimate of drug-likeness (QED) is 0.712. The predicted octanol–water partition coefficient (Wildman–Crippen LogP) is 4.14. The molecule has 0 atom stereocenters. The number of carbonyl (C=O) groups is 1. The lowest BCUT2D eigenvalue weighted by molar-refractivity contribution is -0.111. The Balaban J connectivity index is 1.80. The number of amides is 1. The minimum Gasteiger partial charge on any atom is -0.497 e. The summed E-state index contributed by atoms with van der Waals surface area (Å²) < 4.78 is 5.25. The average molecular weight is 306 g/mol. The van der Waals surface area contributed by atoms with Crippen molar-refractivity contribution in [2.45, 2.75) is 6.92 Å². The molecule has 2 N–H and O–H groups in total. The highest BCUT2D eigenvalue weighted by atomic mass is 16.5. The lowest BCUT2D eigenvalue weighted by atomic mass is 10.1. The molecular formula is C19H18N2O2. The summed E-state index contributed by atoms with van der Waals surface area (Å²) in [6, 6.07) is 13.5. The lowest BCUT2D eigenvalue weighted by Gasteiger charge is -2.05. The van der Waals surface area contributed by atoms with Crippen molar-refractivity contribution in [2.75, 3.05) is 12.4 Å². The summed E-state index contributed by atoms with van der Waals surface area (Å²) in [5.74, 6) is 0.632. The number of nitrogens with one attached hydrogen (secondary N) is 2. The average Bonchev–Trinajstić information content (AvgIpc) is 2.97. The van der Waals surface area contributed by atoms with E-state index in [9.17, 15) is 4.79 Å². The first-order valence-electron chi connectivity index (χ1n) is 7.37. The number of para-hydroxylation sites is 1. The van der Waals surface area contributed by atoms with Gasteiger partial charge in [0.1, 0.15) is 5.75 Å². The Morgan fingerprint density at radius 3 is 2.83 bits per heavy atom. The summed E-state index contributed by atoms with van der Waals surface area (Å²) >= 11 is 0. The number of hydrogen-bond donors (Lipinski definition) is 2. The molecule has 1 heterocycles. The number of carbonyl (C=O) groups excluding carboxylic acids is 1. The maximum atomic E-state index is 12.1. The van der Waals surface area contributed by atoms with Crippen LogP contribution in [0.15, 0.2) is 54.7 Å². The van der Waals surface area contributed by atoms with Gasteiger partial charge in [0.2, 0.25) is 5.91 Å². The molecule has 1 amide bonds. The Hall–Kier alpha value is -3.01. The highest BCUT2D eigenvalue weighted by molar-refractivity contribution is 6.03. The maximum Gasteiger partial charge on any atom is 0.248 e. The molecule has 4 nitrogen and oxygen atoms in total. The van der Waals surface area contributed by atoms with Crippen molar-refractivity contribution in [3.8, 4) is 5.75 Å². The van der Waals surface area contributed by atoms with Crippen LogP contribution in [0.25, 0.3) is 17.0 Å². The molecule has 0 spiro atoms. The minimum atomic E-state index is -0.156. The lowest BCUT2D eigenvalue weighted by Crippen LogP contribution is -2.08. The molecule has 0 radical (unpaired) electrons. The van der Waals surface area contributed by atoms with Crippen LogP contribution in [0.2, 0.25) is 0 Å². The van der Waals surface area contributed by atoms with E-state index in [1.807, 2.05) is 55.6 Å². The molecule has 3 aromatic rings. The third-order valence-electron chi connectivity index (χ3n) is 3.74. The number of benzene rings is 2. The van der Waals surface area contributed by atoms with E-state index in [1.54, 1.807) is 13.2 Å². The zero-order valence-corrected chi connectivity index (χ0v) is 13.1. The van der Waals surface area contributed by atoms with E-state index < -0.39 is 0 Å². The number of hydrogen-bond acceptors (Lipinski definition) is 2. The minimum absolute atomic E-state index is 0.156. The second-order valence-electron chi connectivity index (χ2n) is 5.29. The van der Waals surface area contributed by atoms with Crippen LogP contribution in [-0.4, -0.2) is 18.0 Å². The Labute approximate surface area is 134 Å². The molecular weight excluding hydrogens is 288 g/mol. The molecule has 23 heavy (non-hydrogen) atoms. The number of fused-ring (bicyclic) bond motifs is 1. The molecule has 2 aromatic carbocycles. The summed E-state index contributed by atoms with van der Waals surface area (Å²) in [5, 5.41) is 3.90. The van der Waals surface area contributed by atoms with Gasteiger partial charge in [-0.3, -0.25) is 4.79 Å². The van der Waals surface area contributed by atoms with E-state index in [1.165, 1.54) is 6.08 Å². The third-order valence-corrected chi connectivity index (χ3v) is 3.74. The van der Waals surface area contributed by atoms with Crippen molar-refractivity contribution in [3.63, 3.8) is 0 Å². The largest absolute Gasteiger partial charge is 0.497 e. The fourth-order valence-corrected chi connectivity index (χ4v) is 2.44. The van der Waals surface area contributed by atoms with Gasteiger partial charge in [0.25, 0.3) is 0 Å². The Bertz CT molecular complexity index is 878. The van der Waals surface area contributed by atoms with E-state index in [2.05, 4.69) is 10.3 Å². The second-order valence-corrected chi connectivity index (χ2v) is 5.29. The fourth-order valence-electron chi connectivity index (χ4n) is 2.44. The van der Waals surface area contributed by atoms with Crippen LogP contribution in [0.4, 0.5) is 5.69 Å². The molecule has 116 valence electrons. The Morgan fingerprint density at radius 2 is 2.04 bits per heavy atom. The number of H-pyrrole nitrogens is 1. The fraction of sp³-hybridized carbons (Fsp3) is 0.105. The monoisotopic (exact) mass is 306 g/mol. The van der Waals surface area contributed by atoms with Gasteiger partial charge in [-0.1, -0.05) is 18.2 Å². The zero-order chi connectivity index (χ0) is 16.2. The van der Waals surface area contributed by atoms with Crippen molar-refractivity contribution in [1.29, 1.82) is 0 Å². The first-order chi connectivity index (χ1) is 11.2. The van der Waals surface area contributed by atoms with E-state index >= 15 is 0 Å². The van der Waals surface area contributed by atoms with Crippen LogP contribution < -0.4 is 10.1 Å². The Kier molecular flexibility index (Phi) is 4.15. The smallest absolute Gasteiger partial charge is 0.248 e. The molecule has 1 aromatic heterocycles. The molecule has 0 unspecified atom stereocenters. The van der Waals surface area contributed by atoms with Crippen LogP contribution in [0.5, 0.6) is 5.75 Å². The molecule has 3 rings (SSSR count). The highest BCUT2D eigenvalue weighted by Gasteiger charge is 2.04. The van der Waals surface area contributed by atoms with Crippen LogP contribution >= 0.6 is 0 Å². The number of aromatic amines is 1. The summed E-state index contributed by atoms with van der Waals surface area (Å²) in [6.45, 7) is 1.96. The number of ether oxygens (including phenoxy) is 1. The van der Waals surface area contributed by atoms with Gasteiger partial charge in [0.15, 0.2) is 0 Å². The normalized spacial score (nSPS) is 11.0. The standard InChI is InChI=1S/C19H18N2O2/c1-13-5-3-4-6-17(13)21-19(22)10-7-14-12-20-18-9-8-15(23-2)11-16(14)18/h3-12,20H,1-2H3,(H,21,22)/b10-7+. The SMILES string of the molecule is COc1ccc2[nH]cc(/C=C/C(=O)Nc3ccccc3C)c2c1. The van der Waals surface area contributed by atoms with Gasteiger partial charge in [0.05, 0.1) is 7.11 Å². The summed E-state index contributed by atoms with van der Waals surface area (Å²) in [4.78, 5) is 15.3. The molecule has 0 saturated carbocycles. The summed E-state index contributed by atoms with van der Waals surface area (Å²) in [6.07, 6.45) is 5.21. The van der Waals surface area contributed by atoms with Crippen molar-refractivity contribution in [3.05, 3.63) is 65.9 Å². The molecule has 0 bridgehead atoms. The van der Waals surface area contributed by atoms with Gasteiger partial charge in [-0.05, 0) is 42.8 Å². The number of methoxy groups -OCH3 is 1. The first-order valence-corrected chi connectivity index (χ1v) is 7.37. The third kappa shape index (κ3) is 3.26. The predicted molar refractivity (Wildman–Crippen MR) is 93.7 cm³/mol. The van der Waals surface area contributed by atoms with E-state index in [-0.39, 0.29) is 5.91 Å². The zero-order valence-electron chi connectivity index (χ0n) is 13.1. The summed E-state index contributed by atoms with van der Waals surface area (Å²) in [7, 11) is 1.64. The van der Waals surface area contributed by atoms with Crippen molar-refractivity contribution >= 4 is 28.6 Å². The number of anilines is 1.